The van der Waals surface area contributed by atoms with Crippen molar-refractivity contribution >= 4 is 27.3 Å². The highest BCUT2D eigenvalue weighted by Gasteiger charge is 2.16. The molecule has 0 amide bonds. The minimum Gasteiger partial charge on any atom is -0.399 e. The van der Waals surface area contributed by atoms with Gasteiger partial charge in [0.1, 0.15) is 0 Å². The van der Waals surface area contributed by atoms with Crippen molar-refractivity contribution in [2.45, 2.75) is 18.7 Å². The molecule has 2 aromatic carbocycles. The normalized spacial score (nSPS) is 13.0. The van der Waals surface area contributed by atoms with Gasteiger partial charge in [-0.1, -0.05) is 35.9 Å². The lowest BCUT2D eigenvalue weighted by Gasteiger charge is -2.15. The maximum Gasteiger partial charge on any atom is 0.216 e. The molecular formula is C15H17ClN2O2S. The predicted octanol–water partition coefficient (Wildman–Crippen LogP) is 3.10. The number of hydrogen-bond acceptors (Lipinski definition) is 3. The summed E-state index contributed by atoms with van der Waals surface area (Å²) >= 11 is 5.92. The highest BCUT2D eigenvalue weighted by atomic mass is 35.5. The van der Waals surface area contributed by atoms with Crippen LogP contribution in [0.25, 0.3) is 0 Å². The summed E-state index contributed by atoms with van der Waals surface area (Å²) in [6, 6.07) is 13.6. The van der Waals surface area contributed by atoms with E-state index in [-0.39, 0.29) is 11.8 Å². The van der Waals surface area contributed by atoms with E-state index in [0.717, 1.165) is 5.56 Å². The minimum atomic E-state index is -3.46. The van der Waals surface area contributed by atoms with Gasteiger partial charge in [-0.25, -0.2) is 13.1 Å². The molecule has 0 aromatic heterocycles. The molecule has 2 rings (SSSR count). The van der Waals surface area contributed by atoms with Crippen LogP contribution in [0.1, 0.15) is 24.1 Å². The summed E-state index contributed by atoms with van der Waals surface area (Å²) in [5.41, 5.74) is 7.68. The van der Waals surface area contributed by atoms with Crippen molar-refractivity contribution in [1.29, 1.82) is 0 Å². The number of halogens is 1. The zero-order valence-electron chi connectivity index (χ0n) is 11.6. The van der Waals surface area contributed by atoms with Crippen LogP contribution in [0.3, 0.4) is 0 Å². The Labute approximate surface area is 130 Å². The van der Waals surface area contributed by atoms with Gasteiger partial charge >= 0.3 is 0 Å². The number of anilines is 1. The molecule has 0 saturated carbocycles. The lowest BCUT2D eigenvalue weighted by molar-refractivity contribution is 0.566. The molecule has 0 aliphatic rings. The summed E-state index contributed by atoms with van der Waals surface area (Å²) in [5, 5.41) is 0.578. The second kappa shape index (κ2) is 6.47. The highest BCUT2D eigenvalue weighted by molar-refractivity contribution is 7.88. The second-order valence-electron chi connectivity index (χ2n) is 4.90. The van der Waals surface area contributed by atoms with Gasteiger partial charge in [0.15, 0.2) is 0 Å². The van der Waals surface area contributed by atoms with Gasteiger partial charge in [-0.15, -0.1) is 0 Å². The molecule has 0 aliphatic carbocycles. The van der Waals surface area contributed by atoms with Crippen LogP contribution in [0.2, 0.25) is 5.02 Å². The van der Waals surface area contributed by atoms with Crippen molar-refractivity contribution in [2.24, 2.45) is 0 Å². The van der Waals surface area contributed by atoms with Gasteiger partial charge < -0.3 is 5.73 Å². The number of rotatable bonds is 5. The van der Waals surface area contributed by atoms with Crippen molar-refractivity contribution in [1.82, 2.24) is 4.72 Å². The van der Waals surface area contributed by atoms with Gasteiger partial charge in [-0.2, -0.15) is 0 Å². The monoisotopic (exact) mass is 324 g/mol. The minimum absolute atomic E-state index is 0.108. The van der Waals surface area contributed by atoms with Gasteiger partial charge in [0, 0.05) is 16.8 Å². The molecule has 3 N–H and O–H groups in total. The fourth-order valence-corrected chi connectivity index (χ4v) is 3.63. The number of nitrogen functional groups attached to an aromatic ring is 1. The molecule has 0 saturated heterocycles. The van der Waals surface area contributed by atoms with Gasteiger partial charge in [0.25, 0.3) is 0 Å². The molecule has 21 heavy (non-hydrogen) atoms. The third-order valence-corrected chi connectivity index (χ3v) is 4.67. The molecule has 4 nitrogen and oxygen atoms in total. The lowest BCUT2D eigenvalue weighted by Crippen LogP contribution is -2.28. The maximum absolute atomic E-state index is 12.2. The predicted molar refractivity (Wildman–Crippen MR) is 86.5 cm³/mol. The van der Waals surface area contributed by atoms with E-state index in [1.54, 1.807) is 49.4 Å². The highest BCUT2D eigenvalue weighted by Crippen LogP contribution is 2.19. The number of sulfonamides is 1. The number of hydrogen-bond donors (Lipinski definition) is 2. The van der Waals surface area contributed by atoms with E-state index in [1.165, 1.54) is 0 Å². The van der Waals surface area contributed by atoms with Crippen molar-refractivity contribution in [3.8, 4) is 0 Å². The number of nitrogens with two attached hydrogens (primary N) is 1. The van der Waals surface area contributed by atoms with E-state index < -0.39 is 10.0 Å². The van der Waals surface area contributed by atoms with Gasteiger partial charge in [0.2, 0.25) is 10.0 Å². The zero-order chi connectivity index (χ0) is 15.5. The van der Waals surface area contributed by atoms with Crippen LogP contribution >= 0.6 is 11.6 Å². The SMILES string of the molecule is CC(NS(=O)(=O)Cc1cccc(N)c1)c1cccc(Cl)c1. The lowest BCUT2D eigenvalue weighted by atomic mass is 10.1. The molecule has 1 unspecified atom stereocenters. The number of benzene rings is 2. The quantitative estimate of drug-likeness (QED) is 0.830. The van der Waals surface area contributed by atoms with E-state index in [1.807, 2.05) is 6.07 Å². The first-order valence-corrected chi connectivity index (χ1v) is 8.49. The van der Waals surface area contributed by atoms with Gasteiger partial charge in [-0.3, -0.25) is 0 Å². The molecule has 0 aliphatic heterocycles. The van der Waals surface area contributed by atoms with Crippen molar-refractivity contribution < 1.29 is 8.42 Å². The Hall–Kier alpha value is -1.56. The average molecular weight is 325 g/mol. The molecule has 1 atom stereocenters. The fourth-order valence-electron chi connectivity index (χ4n) is 2.06. The van der Waals surface area contributed by atoms with Crippen LogP contribution in [0.5, 0.6) is 0 Å². The summed E-state index contributed by atoms with van der Waals surface area (Å²) in [6.07, 6.45) is 0. The average Bonchev–Trinajstić information content (AvgIpc) is 2.37. The van der Waals surface area contributed by atoms with Crippen LogP contribution in [0.4, 0.5) is 5.69 Å². The summed E-state index contributed by atoms with van der Waals surface area (Å²) in [7, 11) is -3.46. The largest absolute Gasteiger partial charge is 0.399 e. The zero-order valence-corrected chi connectivity index (χ0v) is 13.2. The molecule has 6 heteroatoms. The van der Waals surface area contributed by atoms with E-state index in [2.05, 4.69) is 4.72 Å². The summed E-state index contributed by atoms with van der Waals surface area (Å²) < 4.78 is 27.0. The van der Waals surface area contributed by atoms with Crippen LogP contribution in [-0.2, 0) is 15.8 Å². The van der Waals surface area contributed by atoms with Crippen LogP contribution in [0.15, 0.2) is 48.5 Å². The maximum atomic E-state index is 12.2. The first kappa shape index (κ1) is 15.8. The molecule has 0 spiro atoms. The molecule has 0 fully saturated rings. The van der Waals surface area contributed by atoms with E-state index in [0.29, 0.717) is 16.3 Å². The van der Waals surface area contributed by atoms with E-state index >= 15 is 0 Å². The van der Waals surface area contributed by atoms with Crippen LogP contribution in [-0.4, -0.2) is 8.42 Å². The van der Waals surface area contributed by atoms with Crippen LogP contribution in [0, 0.1) is 0 Å². The third kappa shape index (κ3) is 4.74. The van der Waals surface area contributed by atoms with Crippen LogP contribution < -0.4 is 10.5 Å². The Balaban J connectivity index is 2.10. The molecule has 2 aromatic rings. The molecule has 0 radical (unpaired) electrons. The Bertz CT molecular complexity index is 732. The molecular weight excluding hydrogens is 308 g/mol. The van der Waals surface area contributed by atoms with Crippen molar-refractivity contribution in [3.05, 3.63) is 64.7 Å². The summed E-state index contributed by atoms with van der Waals surface area (Å²) in [6.45, 7) is 1.78. The Morgan fingerprint density at radius 1 is 1.19 bits per heavy atom. The second-order valence-corrected chi connectivity index (χ2v) is 7.09. The Morgan fingerprint density at radius 2 is 1.90 bits per heavy atom. The van der Waals surface area contributed by atoms with Crippen molar-refractivity contribution in [3.63, 3.8) is 0 Å². The summed E-state index contributed by atoms with van der Waals surface area (Å²) in [4.78, 5) is 0. The standard InChI is InChI=1S/C15H17ClN2O2S/c1-11(13-5-3-6-14(16)9-13)18-21(19,20)10-12-4-2-7-15(17)8-12/h2-9,11,18H,10,17H2,1H3. The Morgan fingerprint density at radius 3 is 2.57 bits per heavy atom. The Kier molecular flexibility index (Phi) is 4.88. The molecule has 112 valence electrons. The van der Waals surface area contributed by atoms with E-state index in [9.17, 15) is 8.42 Å². The third-order valence-electron chi connectivity index (χ3n) is 3.01. The smallest absolute Gasteiger partial charge is 0.216 e. The summed E-state index contributed by atoms with van der Waals surface area (Å²) in [5.74, 6) is -0.108. The first-order chi connectivity index (χ1) is 9.85. The molecule has 0 bridgehead atoms. The fraction of sp³-hybridized carbons (Fsp3) is 0.200. The number of nitrogens with one attached hydrogen (secondary N) is 1. The topological polar surface area (TPSA) is 72.2 Å². The van der Waals surface area contributed by atoms with Crippen molar-refractivity contribution in [2.75, 3.05) is 5.73 Å². The van der Waals surface area contributed by atoms with E-state index in [4.69, 9.17) is 17.3 Å². The van der Waals surface area contributed by atoms with Gasteiger partial charge in [0.05, 0.1) is 5.75 Å². The first-order valence-electron chi connectivity index (χ1n) is 6.45. The molecule has 0 heterocycles. The van der Waals surface area contributed by atoms with Gasteiger partial charge in [-0.05, 0) is 42.3 Å².